The van der Waals surface area contributed by atoms with E-state index in [4.69, 9.17) is 0 Å². The maximum Gasteiger partial charge on any atom is 0.310 e. The fraction of sp³-hybridized carbons (Fsp3) is 0.250. The summed E-state index contributed by atoms with van der Waals surface area (Å²) in [5.74, 6) is -2.15. The molecule has 0 unspecified atom stereocenters. The molecule has 0 nitrogen and oxygen atoms in total. The molecule has 0 heterocycles. The summed E-state index contributed by atoms with van der Waals surface area (Å²) in [6.07, 6.45) is 0. The first-order valence-corrected chi connectivity index (χ1v) is 5.31. The number of thioether (sulfide) groups is 1. The zero-order valence-electron chi connectivity index (χ0n) is 6.74. The van der Waals surface area contributed by atoms with E-state index in [9.17, 15) is 17.6 Å². The van der Waals surface area contributed by atoms with Gasteiger partial charge >= 0.3 is 4.83 Å². The van der Waals surface area contributed by atoms with E-state index in [0.717, 1.165) is 12.1 Å². The SMILES string of the molecule is Fc1ccc(SCC(F)(F)Br)c(F)c1. The summed E-state index contributed by atoms with van der Waals surface area (Å²) in [5, 5.41) is 0. The van der Waals surface area contributed by atoms with Gasteiger partial charge in [0, 0.05) is 11.0 Å². The monoisotopic (exact) mass is 288 g/mol. The Morgan fingerprint density at radius 2 is 1.93 bits per heavy atom. The van der Waals surface area contributed by atoms with Gasteiger partial charge in [-0.1, -0.05) is 0 Å². The fourth-order valence-electron chi connectivity index (χ4n) is 0.752. The van der Waals surface area contributed by atoms with E-state index < -0.39 is 22.2 Å². The lowest BCUT2D eigenvalue weighted by Gasteiger charge is -2.07. The summed E-state index contributed by atoms with van der Waals surface area (Å²) in [6, 6.07) is 2.82. The molecule has 0 aliphatic heterocycles. The Morgan fingerprint density at radius 3 is 2.43 bits per heavy atom. The quantitative estimate of drug-likeness (QED) is 0.459. The Balaban J connectivity index is 2.68. The summed E-state index contributed by atoms with van der Waals surface area (Å²) in [7, 11) is 0. The zero-order valence-corrected chi connectivity index (χ0v) is 9.14. The van der Waals surface area contributed by atoms with Crippen molar-refractivity contribution in [1.29, 1.82) is 0 Å². The highest BCUT2D eigenvalue weighted by molar-refractivity contribution is 9.10. The van der Waals surface area contributed by atoms with Crippen LogP contribution in [0.1, 0.15) is 0 Å². The third kappa shape index (κ3) is 3.88. The summed E-state index contributed by atoms with van der Waals surface area (Å²) in [5.41, 5.74) is 0. The van der Waals surface area contributed by atoms with E-state index in [1.165, 1.54) is 0 Å². The molecule has 1 rings (SSSR count). The zero-order chi connectivity index (χ0) is 10.8. The second-order valence-corrected chi connectivity index (χ2v) is 4.66. The predicted octanol–water partition coefficient (Wildman–Crippen LogP) is 4.04. The van der Waals surface area contributed by atoms with Gasteiger partial charge in [0.05, 0.1) is 5.75 Å². The van der Waals surface area contributed by atoms with Gasteiger partial charge in [-0.2, -0.15) is 8.78 Å². The lowest BCUT2D eigenvalue weighted by Crippen LogP contribution is -2.08. The second kappa shape index (κ2) is 4.53. The molecule has 14 heavy (non-hydrogen) atoms. The molecule has 1 aromatic carbocycles. The Kier molecular flexibility index (Phi) is 3.83. The Hall–Kier alpha value is -0.230. The normalized spacial score (nSPS) is 11.8. The molecule has 6 heteroatoms. The molecular weight excluding hydrogens is 284 g/mol. The highest BCUT2D eigenvalue weighted by Crippen LogP contribution is 2.31. The van der Waals surface area contributed by atoms with Crippen molar-refractivity contribution >= 4 is 27.7 Å². The largest absolute Gasteiger partial charge is 0.310 e. The molecule has 0 aromatic heterocycles. The lowest BCUT2D eigenvalue weighted by atomic mass is 10.3. The van der Waals surface area contributed by atoms with Gasteiger partial charge in [0.2, 0.25) is 0 Å². The van der Waals surface area contributed by atoms with Crippen molar-refractivity contribution in [3.8, 4) is 0 Å². The molecule has 0 spiro atoms. The number of hydrogen-bond acceptors (Lipinski definition) is 1. The molecule has 78 valence electrons. The van der Waals surface area contributed by atoms with Gasteiger partial charge in [0.1, 0.15) is 11.6 Å². The Bertz CT molecular complexity index is 324. The van der Waals surface area contributed by atoms with Crippen LogP contribution < -0.4 is 0 Å². The van der Waals surface area contributed by atoms with Crippen molar-refractivity contribution < 1.29 is 17.6 Å². The standard InChI is InChI=1S/C8H5BrF4S/c9-8(12,13)4-14-7-2-1-5(10)3-6(7)11/h1-3H,4H2. The Labute approximate surface area is 90.8 Å². The van der Waals surface area contributed by atoms with Gasteiger partial charge in [0.25, 0.3) is 0 Å². The van der Waals surface area contributed by atoms with Crippen molar-refractivity contribution in [2.45, 2.75) is 9.73 Å². The number of rotatable bonds is 3. The minimum Gasteiger partial charge on any atom is -0.207 e. The molecule has 0 aliphatic carbocycles. The maximum absolute atomic E-state index is 12.9. The molecule has 0 saturated carbocycles. The van der Waals surface area contributed by atoms with E-state index >= 15 is 0 Å². The summed E-state index contributed by atoms with van der Waals surface area (Å²) in [4.78, 5) is -3.04. The summed E-state index contributed by atoms with van der Waals surface area (Å²) in [6.45, 7) is 0. The topological polar surface area (TPSA) is 0 Å². The van der Waals surface area contributed by atoms with Crippen LogP contribution in [0.5, 0.6) is 0 Å². The molecule has 0 amide bonds. The average molecular weight is 289 g/mol. The first-order valence-electron chi connectivity index (χ1n) is 3.53. The van der Waals surface area contributed by atoms with Crippen LogP contribution in [0.3, 0.4) is 0 Å². The average Bonchev–Trinajstić information content (AvgIpc) is 2.00. The van der Waals surface area contributed by atoms with Gasteiger partial charge in [-0.25, -0.2) is 8.78 Å². The first-order chi connectivity index (χ1) is 6.38. The minimum absolute atomic E-state index is 0.00512. The Morgan fingerprint density at radius 1 is 1.29 bits per heavy atom. The van der Waals surface area contributed by atoms with Crippen molar-refractivity contribution in [2.24, 2.45) is 0 Å². The van der Waals surface area contributed by atoms with E-state index in [-0.39, 0.29) is 4.90 Å². The van der Waals surface area contributed by atoms with Crippen LogP contribution in [-0.2, 0) is 0 Å². The van der Waals surface area contributed by atoms with Crippen LogP contribution in [0, 0.1) is 11.6 Å². The van der Waals surface area contributed by atoms with Gasteiger partial charge in [0.15, 0.2) is 0 Å². The van der Waals surface area contributed by atoms with Gasteiger partial charge < -0.3 is 0 Å². The highest BCUT2D eigenvalue weighted by atomic mass is 79.9. The van der Waals surface area contributed by atoms with Crippen molar-refractivity contribution in [2.75, 3.05) is 5.75 Å². The number of halogens is 5. The fourth-order valence-corrected chi connectivity index (χ4v) is 1.78. The van der Waals surface area contributed by atoms with Crippen molar-refractivity contribution in [3.63, 3.8) is 0 Å². The molecule has 0 radical (unpaired) electrons. The van der Waals surface area contributed by atoms with Crippen LogP contribution >= 0.6 is 27.7 Å². The van der Waals surface area contributed by atoms with Gasteiger partial charge in [-0.15, -0.1) is 11.8 Å². The van der Waals surface area contributed by atoms with Crippen LogP contribution in [0.4, 0.5) is 17.6 Å². The van der Waals surface area contributed by atoms with Crippen LogP contribution in [0.15, 0.2) is 23.1 Å². The summed E-state index contributed by atoms with van der Waals surface area (Å²) >= 11 is 2.75. The van der Waals surface area contributed by atoms with E-state index in [1.54, 1.807) is 0 Å². The van der Waals surface area contributed by atoms with E-state index in [2.05, 4.69) is 15.9 Å². The second-order valence-electron chi connectivity index (χ2n) is 2.48. The molecule has 0 fully saturated rings. The smallest absolute Gasteiger partial charge is 0.207 e. The molecule has 0 saturated heterocycles. The molecular formula is C8H5BrF4S. The van der Waals surface area contributed by atoms with Gasteiger partial charge in [-0.3, -0.25) is 0 Å². The predicted molar refractivity (Wildman–Crippen MR) is 51.0 cm³/mol. The molecule has 0 aliphatic rings. The van der Waals surface area contributed by atoms with E-state index in [1.807, 2.05) is 0 Å². The third-order valence-electron chi connectivity index (χ3n) is 1.29. The van der Waals surface area contributed by atoms with E-state index in [0.29, 0.717) is 17.8 Å². The van der Waals surface area contributed by atoms with Gasteiger partial charge in [-0.05, 0) is 28.1 Å². The number of benzene rings is 1. The third-order valence-corrected chi connectivity index (χ3v) is 3.09. The molecule has 1 aromatic rings. The lowest BCUT2D eigenvalue weighted by molar-refractivity contribution is 0.143. The van der Waals surface area contributed by atoms with Crippen molar-refractivity contribution in [3.05, 3.63) is 29.8 Å². The summed E-state index contributed by atoms with van der Waals surface area (Å²) < 4.78 is 50.0. The maximum atomic E-state index is 12.9. The minimum atomic E-state index is -3.04. The first kappa shape index (κ1) is 11.8. The highest BCUT2D eigenvalue weighted by Gasteiger charge is 2.24. The molecule has 0 atom stereocenters. The van der Waals surface area contributed by atoms with Crippen molar-refractivity contribution in [1.82, 2.24) is 0 Å². The molecule has 0 N–H and O–H groups in total. The molecule has 0 bridgehead atoms. The van der Waals surface area contributed by atoms with Crippen LogP contribution in [0.2, 0.25) is 0 Å². The van der Waals surface area contributed by atoms with Crippen LogP contribution in [-0.4, -0.2) is 10.6 Å². The number of alkyl halides is 3. The number of hydrogen-bond donors (Lipinski definition) is 0. The van der Waals surface area contributed by atoms with Crippen LogP contribution in [0.25, 0.3) is 0 Å².